The van der Waals surface area contributed by atoms with Crippen LogP contribution in [0.25, 0.3) is 0 Å². The lowest BCUT2D eigenvalue weighted by molar-refractivity contribution is 0.610. The number of nitrogens with two attached hydrogens (primary N) is 1. The Balaban J connectivity index is 2.61. The van der Waals surface area contributed by atoms with Gasteiger partial charge >= 0.3 is 0 Å². The van der Waals surface area contributed by atoms with Gasteiger partial charge in [-0.15, -0.1) is 0 Å². The largest absolute Gasteiger partial charge is 0.337 e. The first-order valence-corrected chi connectivity index (χ1v) is 6.62. The van der Waals surface area contributed by atoms with E-state index < -0.39 is 5.82 Å². The lowest BCUT2D eigenvalue weighted by Crippen LogP contribution is -2.22. The van der Waals surface area contributed by atoms with E-state index in [0.29, 0.717) is 23.5 Å². The second-order valence-corrected chi connectivity index (χ2v) is 4.66. The molecular formula is C16H18F2N2. The molecule has 0 saturated heterocycles. The van der Waals surface area contributed by atoms with Gasteiger partial charge in [-0.2, -0.15) is 0 Å². The van der Waals surface area contributed by atoms with Crippen LogP contribution in [-0.2, 0) is 0 Å². The predicted molar refractivity (Wildman–Crippen MR) is 78.1 cm³/mol. The van der Waals surface area contributed by atoms with Crippen LogP contribution in [0.5, 0.6) is 0 Å². The van der Waals surface area contributed by atoms with Gasteiger partial charge in [-0.3, -0.25) is 0 Å². The third-order valence-corrected chi connectivity index (χ3v) is 3.24. The normalized spacial score (nSPS) is 12.2. The maximum Gasteiger partial charge on any atom is 0.147 e. The average Bonchev–Trinajstić information content (AvgIpc) is 2.43. The summed E-state index contributed by atoms with van der Waals surface area (Å²) in [6.45, 7) is 4.08. The molecule has 2 rings (SSSR count). The summed E-state index contributed by atoms with van der Waals surface area (Å²) in [6.07, 6.45) is 0. The number of benzene rings is 2. The number of nitrogens with zero attached hydrogens (tertiary/aromatic N) is 1. The molecule has 2 nitrogen and oxygen atoms in total. The Morgan fingerprint density at radius 3 is 2.30 bits per heavy atom. The highest BCUT2D eigenvalue weighted by Gasteiger charge is 2.20. The van der Waals surface area contributed by atoms with E-state index in [4.69, 9.17) is 5.73 Å². The van der Waals surface area contributed by atoms with Crippen molar-refractivity contribution in [3.05, 3.63) is 59.7 Å². The smallest absolute Gasteiger partial charge is 0.147 e. The van der Waals surface area contributed by atoms with Crippen LogP contribution in [0.3, 0.4) is 0 Å². The van der Waals surface area contributed by atoms with Crippen LogP contribution < -0.4 is 10.6 Å². The Bertz CT molecular complexity index is 597. The minimum atomic E-state index is -0.398. The van der Waals surface area contributed by atoms with Gasteiger partial charge in [0.2, 0.25) is 0 Å². The van der Waals surface area contributed by atoms with Gasteiger partial charge in [0.25, 0.3) is 0 Å². The van der Waals surface area contributed by atoms with Crippen molar-refractivity contribution in [2.24, 2.45) is 5.73 Å². The molecular weight excluding hydrogens is 258 g/mol. The molecule has 20 heavy (non-hydrogen) atoms. The summed E-state index contributed by atoms with van der Waals surface area (Å²) in [4.78, 5) is 1.61. The van der Waals surface area contributed by atoms with Gasteiger partial charge in [0.15, 0.2) is 0 Å². The molecule has 2 aromatic carbocycles. The molecule has 2 aromatic rings. The van der Waals surface area contributed by atoms with Gasteiger partial charge in [-0.05, 0) is 37.6 Å². The molecule has 0 saturated carbocycles. The molecule has 0 bridgehead atoms. The molecule has 2 N–H and O–H groups in total. The number of rotatable bonds is 4. The summed E-state index contributed by atoms with van der Waals surface area (Å²) in [6, 6.07) is 10.8. The van der Waals surface area contributed by atoms with Gasteiger partial charge in [0.1, 0.15) is 11.6 Å². The Labute approximate surface area is 117 Å². The number of hydrogen-bond donors (Lipinski definition) is 1. The Kier molecular flexibility index (Phi) is 4.35. The molecule has 4 heteroatoms. The first-order chi connectivity index (χ1) is 9.56. The summed E-state index contributed by atoms with van der Waals surface area (Å²) in [5, 5.41) is 0. The lowest BCUT2D eigenvalue weighted by atomic mass is 10.0. The highest BCUT2D eigenvalue weighted by molar-refractivity contribution is 5.68. The molecule has 0 aliphatic heterocycles. The summed E-state index contributed by atoms with van der Waals surface area (Å²) < 4.78 is 28.2. The summed E-state index contributed by atoms with van der Waals surface area (Å²) in [5.74, 6) is -0.780. The third-order valence-electron chi connectivity index (χ3n) is 3.24. The molecule has 1 atom stereocenters. The molecule has 0 aliphatic carbocycles. The fourth-order valence-electron chi connectivity index (χ4n) is 2.30. The molecule has 0 amide bonds. The molecule has 0 aromatic heterocycles. The maximum atomic E-state index is 14.2. The zero-order chi connectivity index (χ0) is 14.7. The minimum absolute atomic E-state index is 0.332. The maximum absolute atomic E-state index is 14.2. The topological polar surface area (TPSA) is 29.3 Å². The number of para-hydroxylation sites is 2. The van der Waals surface area contributed by atoms with Crippen LogP contribution >= 0.6 is 0 Å². The zero-order valence-electron chi connectivity index (χ0n) is 11.6. The second kappa shape index (κ2) is 6.01. The van der Waals surface area contributed by atoms with Gasteiger partial charge in [-0.1, -0.05) is 24.3 Å². The van der Waals surface area contributed by atoms with Gasteiger partial charge in [0.05, 0.1) is 11.4 Å². The van der Waals surface area contributed by atoms with Crippen molar-refractivity contribution in [3.63, 3.8) is 0 Å². The van der Waals surface area contributed by atoms with E-state index in [1.165, 1.54) is 12.1 Å². The second-order valence-electron chi connectivity index (χ2n) is 4.66. The predicted octanol–water partition coefficient (Wildman–Crippen LogP) is 4.14. The fourth-order valence-corrected chi connectivity index (χ4v) is 2.30. The van der Waals surface area contributed by atoms with Crippen molar-refractivity contribution in [1.82, 2.24) is 0 Å². The SMILES string of the molecule is CCN(c1ccccc1F)c1c(F)cccc1[C@H](C)N. The highest BCUT2D eigenvalue weighted by atomic mass is 19.1. The molecule has 0 fully saturated rings. The molecule has 0 heterocycles. The first kappa shape index (κ1) is 14.5. The summed E-state index contributed by atoms with van der Waals surface area (Å²) >= 11 is 0. The molecule has 0 unspecified atom stereocenters. The summed E-state index contributed by atoms with van der Waals surface area (Å²) in [5.41, 5.74) is 7.26. The van der Waals surface area contributed by atoms with Crippen molar-refractivity contribution in [1.29, 1.82) is 0 Å². The van der Waals surface area contributed by atoms with Crippen LogP contribution in [0.2, 0.25) is 0 Å². The molecule has 106 valence electrons. The van der Waals surface area contributed by atoms with E-state index >= 15 is 0 Å². The number of anilines is 2. The zero-order valence-corrected chi connectivity index (χ0v) is 11.6. The van der Waals surface area contributed by atoms with Gasteiger partial charge in [0, 0.05) is 12.6 Å². The van der Waals surface area contributed by atoms with E-state index in [0.717, 1.165) is 0 Å². The van der Waals surface area contributed by atoms with Crippen LogP contribution in [0.1, 0.15) is 25.5 Å². The minimum Gasteiger partial charge on any atom is -0.337 e. The van der Waals surface area contributed by atoms with Crippen LogP contribution in [-0.4, -0.2) is 6.54 Å². The Morgan fingerprint density at radius 1 is 1.05 bits per heavy atom. The van der Waals surface area contributed by atoms with Crippen molar-refractivity contribution in [2.75, 3.05) is 11.4 Å². The fraction of sp³-hybridized carbons (Fsp3) is 0.250. The standard InChI is InChI=1S/C16H18F2N2/c1-3-20(15-10-5-4-8-13(15)17)16-12(11(2)19)7-6-9-14(16)18/h4-11H,3,19H2,1-2H3/t11-/m0/s1. The van der Waals surface area contributed by atoms with Gasteiger partial charge < -0.3 is 10.6 Å². The van der Waals surface area contributed by atoms with E-state index in [1.807, 2.05) is 6.92 Å². The molecule has 0 spiro atoms. The number of hydrogen-bond acceptors (Lipinski definition) is 2. The van der Waals surface area contributed by atoms with Gasteiger partial charge in [-0.25, -0.2) is 8.78 Å². The van der Waals surface area contributed by atoms with E-state index in [1.54, 1.807) is 42.2 Å². The van der Waals surface area contributed by atoms with Crippen LogP contribution in [0.15, 0.2) is 42.5 Å². The summed E-state index contributed by atoms with van der Waals surface area (Å²) in [7, 11) is 0. The van der Waals surface area contributed by atoms with Crippen LogP contribution in [0.4, 0.5) is 20.2 Å². The monoisotopic (exact) mass is 276 g/mol. The van der Waals surface area contributed by atoms with Crippen molar-refractivity contribution < 1.29 is 8.78 Å². The molecule has 0 radical (unpaired) electrons. The quantitative estimate of drug-likeness (QED) is 0.909. The molecule has 0 aliphatic rings. The van der Waals surface area contributed by atoms with E-state index in [9.17, 15) is 8.78 Å². The van der Waals surface area contributed by atoms with Crippen molar-refractivity contribution in [2.45, 2.75) is 19.9 Å². The Morgan fingerprint density at radius 2 is 1.70 bits per heavy atom. The first-order valence-electron chi connectivity index (χ1n) is 6.62. The van der Waals surface area contributed by atoms with Crippen LogP contribution in [0, 0.1) is 11.6 Å². The number of halogens is 2. The highest BCUT2D eigenvalue weighted by Crippen LogP contribution is 2.34. The third kappa shape index (κ3) is 2.65. The van der Waals surface area contributed by atoms with E-state index in [2.05, 4.69) is 0 Å². The van der Waals surface area contributed by atoms with Crippen molar-refractivity contribution in [3.8, 4) is 0 Å². The van der Waals surface area contributed by atoms with Crippen molar-refractivity contribution >= 4 is 11.4 Å². The lowest BCUT2D eigenvalue weighted by Gasteiger charge is -2.27. The Hall–Kier alpha value is -1.94. The van der Waals surface area contributed by atoms with E-state index in [-0.39, 0.29) is 11.9 Å². The average molecular weight is 276 g/mol.